The Balaban J connectivity index is 2.03. The molecule has 2 aliphatic rings. The van der Waals surface area contributed by atoms with Crippen LogP contribution < -0.4 is 5.32 Å². The van der Waals surface area contributed by atoms with Crippen LogP contribution in [-0.4, -0.2) is 40.9 Å². The number of nitrogens with zero attached hydrogens (tertiary/aromatic N) is 1. The molecule has 1 unspecified atom stereocenters. The summed E-state index contributed by atoms with van der Waals surface area (Å²) in [5, 5.41) is 2.28. The number of hydrogen-bond acceptors (Lipinski definition) is 3. The quantitative estimate of drug-likeness (QED) is 0.588. The molecule has 3 amide bonds. The Bertz CT molecular complexity index is 225. The number of carbonyl (C=O) groups excluding carboxylic acids is 2. The molecule has 0 aromatic carbocycles. The van der Waals surface area contributed by atoms with Crippen molar-refractivity contribution in [2.75, 3.05) is 18.1 Å². The van der Waals surface area contributed by atoms with Crippen LogP contribution in [-0.2, 0) is 4.79 Å². The Labute approximate surface area is 74.7 Å². The van der Waals surface area contributed by atoms with Gasteiger partial charge in [-0.1, -0.05) is 0 Å². The first kappa shape index (κ1) is 7.91. The van der Waals surface area contributed by atoms with Gasteiger partial charge in [0.05, 0.1) is 0 Å². The van der Waals surface area contributed by atoms with Crippen LogP contribution in [0.3, 0.4) is 0 Å². The minimum Gasteiger partial charge on any atom is -0.311 e. The van der Waals surface area contributed by atoms with Crippen LogP contribution in [0.4, 0.5) is 4.79 Å². The van der Waals surface area contributed by atoms with E-state index in [1.165, 1.54) is 0 Å². The van der Waals surface area contributed by atoms with Crippen LogP contribution in [0.2, 0.25) is 0 Å². The van der Waals surface area contributed by atoms with E-state index in [0.29, 0.717) is 0 Å². The minimum absolute atomic E-state index is 0.170. The highest BCUT2D eigenvalue weighted by Gasteiger charge is 2.34. The molecule has 1 atom stereocenters. The van der Waals surface area contributed by atoms with Crippen LogP contribution >= 0.6 is 11.8 Å². The van der Waals surface area contributed by atoms with Crippen molar-refractivity contribution in [3.63, 3.8) is 0 Å². The molecule has 0 spiro atoms. The van der Waals surface area contributed by atoms with Crippen LogP contribution in [0.1, 0.15) is 6.42 Å². The number of thioether (sulfide) groups is 1. The van der Waals surface area contributed by atoms with Gasteiger partial charge in [-0.15, -0.1) is 0 Å². The van der Waals surface area contributed by atoms with Gasteiger partial charge in [0.25, 0.3) is 0 Å². The first-order chi connectivity index (χ1) is 5.77. The number of amides is 3. The monoisotopic (exact) mass is 186 g/mol. The highest BCUT2D eigenvalue weighted by atomic mass is 32.2. The van der Waals surface area contributed by atoms with Gasteiger partial charge in [0.2, 0.25) is 5.91 Å². The van der Waals surface area contributed by atoms with Crippen LogP contribution in [0, 0.1) is 0 Å². The number of carbonyl (C=O) groups is 2. The van der Waals surface area contributed by atoms with Gasteiger partial charge in [-0.2, -0.15) is 11.8 Å². The Hall–Kier alpha value is -0.710. The van der Waals surface area contributed by atoms with E-state index in [1.807, 2.05) is 11.8 Å². The van der Waals surface area contributed by atoms with E-state index < -0.39 is 0 Å². The Morgan fingerprint density at radius 2 is 2.33 bits per heavy atom. The lowest BCUT2D eigenvalue weighted by atomic mass is 10.2. The summed E-state index contributed by atoms with van der Waals surface area (Å²) in [5.41, 5.74) is 0. The lowest BCUT2D eigenvalue weighted by molar-refractivity contribution is -0.118. The molecule has 0 radical (unpaired) electrons. The van der Waals surface area contributed by atoms with E-state index in [1.54, 1.807) is 4.90 Å². The predicted molar refractivity (Wildman–Crippen MR) is 46.0 cm³/mol. The average Bonchev–Trinajstić information content (AvgIpc) is 2.58. The number of rotatable bonds is 1. The molecule has 2 fully saturated rings. The van der Waals surface area contributed by atoms with E-state index >= 15 is 0 Å². The van der Waals surface area contributed by atoms with E-state index in [2.05, 4.69) is 5.32 Å². The largest absolute Gasteiger partial charge is 0.324 e. The van der Waals surface area contributed by atoms with E-state index in [9.17, 15) is 9.59 Å². The molecule has 1 N–H and O–H groups in total. The average molecular weight is 186 g/mol. The third-order valence-electron chi connectivity index (χ3n) is 2.17. The molecule has 0 saturated carbocycles. The number of nitrogens with one attached hydrogen (secondary N) is 1. The normalized spacial score (nSPS) is 29.7. The summed E-state index contributed by atoms with van der Waals surface area (Å²) in [6, 6.07) is 0.0638. The summed E-state index contributed by atoms with van der Waals surface area (Å²) in [5.74, 6) is 1.90. The van der Waals surface area contributed by atoms with Crippen molar-refractivity contribution in [2.24, 2.45) is 0 Å². The molecule has 12 heavy (non-hydrogen) atoms. The zero-order valence-electron chi connectivity index (χ0n) is 6.58. The molecule has 4 nitrogen and oxygen atoms in total. The molecule has 2 saturated heterocycles. The first-order valence-electron chi connectivity index (χ1n) is 3.95. The molecule has 2 rings (SSSR count). The molecule has 0 aromatic rings. The Morgan fingerprint density at radius 3 is 2.83 bits per heavy atom. The third kappa shape index (κ3) is 1.29. The molecular formula is C7H10N2O2S. The fourth-order valence-corrected chi connectivity index (χ4v) is 2.74. The highest BCUT2D eigenvalue weighted by Crippen LogP contribution is 2.23. The molecule has 66 valence electrons. The van der Waals surface area contributed by atoms with Crippen LogP contribution in [0.5, 0.6) is 0 Å². The van der Waals surface area contributed by atoms with Gasteiger partial charge in [-0.25, -0.2) is 4.79 Å². The SMILES string of the molecule is O=C1CN(C2CCSC2)C(=O)N1. The molecule has 0 bridgehead atoms. The van der Waals surface area contributed by atoms with Crippen molar-refractivity contribution in [2.45, 2.75) is 12.5 Å². The number of urea groups is 1. The maximum Gasteiger partial charge on any atom is 0.324 e. The molecule has 0 aromatic heterocycles. The topological polar surface area (TPSA) is 49.4 Å². The summed E-state index contributed by atoms with van der Waals surface area (Å²) < 4.78 is 0. The second kappa shape index (κ2) is 2.97. The smallest absolute Gasteiger partial charge is 0.311 e. The summed E-state index contributed by atoms with van der Waals surface area (Å²) in [6.07, 6.45) is 1.02. The minimum atomic E-state index is -0.215. The molecule has 2 heterocycles. The Morgan fingerprint density at radius 1 is 1.50 bits per heavy atom. The van der Waals surface area contributed by atoms with E-state index in [0.717, 1.165) is 17.9 Å². The van der Waals surface area contributed by atoms with Crippen molar-refractivity contribution in [3.05, 3.63) is 0 Å². The van der Waals surface area contributed by atoms with Crippen molar-refractivity contribution >= 4 is 23.7 Å². The molecule has 0 aliphatic carbocycles. The van der Waals surface area contributed by atoms with Gasteiger partial charge in [0.1, 0.15) is 6.54 Å². The van der Waals surface area contributed by atoms with Crippen LogP contribution in [0.25, 0.3) is 0 Å². The lowest BCUT2D eigenvalue weighted by Crippen LogP contribution is -2.37. The number of imide groups is 1. The fourth-order valence-electron chi connectivity index (χ4n) is 1.52. The van der Waals surface area contributed by atoms with Gasteiger partial charge in [0, 0.05) is 11.8 Å². The van der Waals surface area contributed by atoms with Crippen molar-refractivity contribution in [1.82, 2.24) is 10.2 Å². The molecule has 5 heteroatoms. The zero-order chi connectivity index (χ0) is 8.55. The first-order valence-corrected chi connectivity index (χ1v) is 5.11. The standard InChI is InChI=1S/C7H10N2O2S/c10-6-3-9(7(11)8-6)5-1-2-12-4-5/h5H,1-4H2,(H,8,10,11). The summed E-state index contributed by atoms with van der Waals surface area (Å²) in [4.78, 5) is 23.6. The number of hydrogen-bond donors (Lipinski definition) is 1. The van der Waals surface area contributed by atoms with Crippen LogP contribution in [0.15, 0.2) is 0 Å². The van der Waals surface area contributed by atoms with E-state index in [4.69, 9.17) is 0 Å². The molecule has 2 aliphatic heterocycles. The summed E-state index contributed by atoms with van der Waals surface area (Å²) in [6.45, 7) is 0.254. The highest BCUT2D eigenvalue weighted by molar-refractivity contribution is 7.99. The van der Waals surface area contributed by atoms with Crippen molar-refractivity contribution < 1.29 is 9.59 Å². The van der Waals surface area contributed by atoms with E-state index in [-0.39, 0.29) is 24.5 Å². The lowest BCUT2D eigenvalue weighted by Gasteiger charge is -2.19. The van der Waals surface area contributed by atoms with Gasteiger partial charge in [-0.3, -0.25) is 10.1 Å². The summed E-state index contributed by atoms with van der Waals surface area (Å²) in [7, 11) is 0. The maximum atomic E-state index is 11.2. The van der Waals surface area contributed by atoms with Crippen molar-refractivity contribution in [3.8, 4) is 0 Å². The predicted octanol–water partition coefficient (Wildman–Crippen LogP) is 0.0437. The Kier molecular flexibility index (Phi) is 1.96. The van der Waals surface area contributed by atoms with Crippen molar-refractivity contribution in [1.29, 1.82) is 0 Å². The van der Waals surface area contributed by atoms with Gasteiger partial charge in [0.15, 0.2) is 0 Å². The second-order valence-corrected chi connectivity index (χ2v) is 4.15. The zero-order valence-corrected chi connectivity index (χ0v) is 7.39. The fraction of sp³-hybridized carbons (Fsp3) is 0.714. The van der Waals surface area contributed by atoms with Gasteiger partial charge >= 0.3 is 6.03 Å². The third-order valence-corrected chi connectivity index (χ3v) is 3.31. The second-order valence-electron chi connectivity index (χ2n) is 3.00. The molecular weight excluding hydrogens is 176 g/mol. The maximum absolute atomic E-state index is 11.2. The van der Waals surface area contributed by atoms with Gasteiger partial charge in [-0.05, 0) is 12.2 Å². The van der Waals surface area contributed by atoms with Gasteiger partial charge < -0.3 is 4.90 Å². The summed E-state index contributed by atoms with van der Waals surface area (Å²) >= 11 is 1.84.